The van der Waals surface area contributed by atoms with Gasteiger partial charge in [0, 0.05) is 29.7 Å². The third-order valence-electron chi connectivity index (χ3n) is 3.97. The fraction of sp³-hybridized carbons (Fsp3) is 0.211. The number of nitro groups is 1. The van der Waals surface area contributed by atoms with Crippen molar-refractivity contribution in [3.8, 4) is 11.8 Å². The number of non-ortho nitro benzene ring substituents is 1. The SMILES string of the molecule is COC(=O)[C@@H](Cc1cc([N+](=O)[O-])ccc1OC)NC(=O)c1ccc(C#N)cc1. The standard InChI is InChI=1S/C19H17N3O6/c1-27-17-8-7-15(22(25)26)9-14(17)10-16(19(24)28-2)21-18(23)13-5-3-12(11-20)4-6-13/h3-9,16H,10H2,1-2H3,(H,21,23)/t16-/m1/s1. The fourth-order valence-electron chi connectivity index (χ4n) is 2.53. The topological polar surface area (TPSA) is 132 Å². The quantitative estimate of drug-likeness (QED) is 0.439. The molecule has 9 heteroatoms. The Hall–Kier alpha value is -3.93. The Balaban J connectivity index is 2.28. The van der Waals surface area contributed by atoms with Crippen molar-refractivity contribution >= 4 is 17.6 Å². The summed E-state index contributed by atoms with van der Waals surface area (Å²) in [6.07, 6.45) is -0.0699. The van der Waals surface area contributed by atoms with Crippen LogP contribution in [0.1, 0.15) is 21.5 Å². The van der Waals surface area contributed by atoms with Crippen molar-refractivity contribution in [2.45, 2.75) is 12.5 Å². The van der Waals surface area contributed by atoms with E-state index in [9.17, 15) is 19.7 Å². The number of amides is 1. The Labute approximate surface area is 160 Å². The van der Waals surface area contributed by atoms with E-state index in [1.165, 1.54) is 56.7 Å². The molecule has 0 spiro atoms. The number of ether oxygens (including phenoxy) is 2. The average molecular weight is 383 g/mol. The molecule has 0 aliphatic rings. The van der Waals surface area contributed by atoms with E-state index in [2.05, 4.69) is 5.32 Å². The number of methoxy groups -OCH3 is 2. The highest BCUT2D eigenvalue weighted by atomic mass is 16.6. The molecule has 1 N–H and O–H groups in total. The maximum absolute atomic E-state index is 12.5. The number of nitriles is 1. The predicted molar refractivity (Wildman–Crippen MR) is 97.8 cm³/mol. The highest BCUT2D eigenvalue weighted by Gasteiger charge is 2.25. The van der Waals surface area contributed by atoms with Gasteiger partial charge in [0.25, 0.3) is 11.6 Å². The van der Waals surface area contributed by atoms with Crippen LogP contribution in [-0.4, -0.2) is 37.1 Å². The first-order valence-electron chi connectivity index (χ1n) is 8.09. The number of nitrogens with zero attached hydrogens (tertiary/aromatic N) is 2. The highest BCUT2D eigenvalue weighted by molar-refractivity contribution is 5.97. The molecule has 0 aromatic heterocycles. The summed E-state index contributed by atoms with van der Waals surface area (Å²) in [5.41, 5.74) is 0.839. The molecule has 9 nitrogen and oxygen atoms in total. The lowest BCUT2D eigenvalue weighted by atomic mass is 10.0. The number of benzene rings is 2. The number of esters is 1. The molecule has 0 unspecified atom stereocenters. The van der Waals surface area contributed by atoms with Crippen molar-refractivity contribution in [2.75, 3.05) is 14.2 Å². The molecule has 1 amide bonds. The van der Waals surface area contributed by atoms with Crippen LogP contribution in [0.3, 0.4) is 0 Å². The van der Waals surface area contributed by atoms with Gasteiger partial charge >= 0.3 is 5.97 Å². The lowest BCUT2D eigenvalue weighted by Crippen LogP contribution is -2.43. The normalized spacial score (nSPS) is 11.0. The van der Waals surface area contributed by atoms with Gasteiger partial charge in [0.05, 0.1) is 30.8 Å². The molecule has 0 aliphatic heterocycles. The van der Waals surface area contributed by atoms with Crippen LogP contribution in [0.4, 0.5) is 5.69 Å². The summed E-state index contributed by atoms with van der Waals surface area (Å²) in [5, 5.41) is 22.4. The summed E-state index contributed by atoms with van der Waals surface area (Å²) in [4.78, 5) is 35.1. The molecule has 0 bridgehead atoms. The van der Waals surface area contributed by atoms with Crippen LogP contribution in [0.15, 0.2) is 42.5 Å². The van der Waals surface area contributed by atoms with E-state index in [-0.39, 0.29) is 17.7 Å². The van der Waals surface area contributed by atoms with Crippen molar-refractivity contribution in [1.82, 2.24) is 5.32 Å². The van der Waals surface area contributed by atoms with E-state index in [1.807, 2.05) is 6.07 Å². The molecule has 2 aromatic rings. The second kappa shape index (κ2) is 9.14. The molecule has 0 fully saturated rings. The third kappa shape index (κ3) is 4.82. The van der Waals surface area contributed by atoms with Gasteiger partial charge in [0.15, 0.2) is 0 Å². The fourth-order valence-corrected chi connectivity index (χ4v) is 2.53. The molecule has 2 rings (SSSR count). The van der Waals surface area contributed by atoms with Crippen molar-refractivity contribution in [3.05, 3.63) is 69.3 Å². The molecule has 0 saturated carbocycles. The molecule has 28 heavy (non-hydrogen) atoms. The van der Waals surface area contributed by atoms with Gasteiger partial charge in [-0.1, -0.05) is 0 Å². The minimum absolute atomic E-state index is 0.0699. The van der Waals surface area contributed by atoms with Crippen LogP contribution in [-0.2, 0) is 16.0 Å². The Bertz CT molecular complexity index is 934. The smallest absolute Gasteiger partial charge is 0.328 e. The molecule has 0 heterocycles. The highest BCUT2D eigenvalue weighted by Crippen LogP contribution is 2.25. The average Bonchev–Trinajstić information content (AvgIpc) is 2.72. The summed E-state index contributed by atoms with van der Waals surface area (Å²) in [5.74, 6) is -0.924. The Kier molecular flexibility index (Phi) is 6.65. The summed E-state index contributed by atoms with van der Waals surface area (Å²) in [6, 6.07) is 10.7. The molecule has 1 atom stereocenters. The molecule has 2 aromatic carbocycles. The number of carbonyl (C=O) groups is 2. The van der Waals surface area contributed by atoms with Crippen molar-refractivity contribution in [1.29, 1.82) is 5.26 Å². The number of nitrogens with one attached hydrogen (secondary N) is 1. The maximum Gasteiger partial charge on any atom is 0.328 e. The number of hydrogen-bond acceptors (Lipinski definition) is 7. The van der Waals surface area contributed by atoms with Crippen LogP contribution in [0, 0.1) is 21.4 Å². The van der Waals surface area contributed by atoms with Gasteiger partial charge in [-0.2, -0.15) is 5.26 Å². The van der Waals surface area contributed by atoms with E-state index in [1.54, 1.807) is 0 Å². The van der Waals surface area contributed by atoms with Gasteiger partial charge in [0.2, 0.25) is 0 Å². The van der Waals surface area contributed by atoms with Gasteiger partial charge in [-0.25, -0.2) is 4.79 Å². The number of nitro benzene ring substituents is 1. The zero-order valence-corrected chi connectivity index (χ0v) is 15.2. The minimum Gasteiger partial charge on any atom is -0.496 e. The zero-order valence-electron chi connectivity index (χ0n) is 15.2. The lowest BCUT2D eigenvalue weighted by Gasteiger charge is -2.18. The first kappa shape index (κ1) is 20.4. The van der Waals surface area contributed by atoms with Crippen LogP contribution < -0.4 is 10.1 Å². The van der Waals surface area contributed by atoms with E-state index in [0.717, 1.165) is 0 Å². The number of hydrogen-bond donors (Lipinski definition) is 1. The number of carbonyl (C=O) groups excluding carboxylic acids is 2. The monoisotopic (exact) mass is 383 g/mol. The van der Waals surface area contributed by atoms with E-state index in [0.29, 0.717) is 16.9 Å². The molecule has 0 saturated heterocycles. The Morgan fingerprint density at radius 1 is 1.21 bits per heavy atom. The van der Waals surface area contributed by atoms with Gasteiger partial charge < -0.3 is 14.8 Å². The van der Waals surface area contributed by atoms with Gasteiger partial charge in [-0.15, -0.1) is 0 Å². The molecule has 144 valence electrons. The largest absolute Gasteiger partial charge is 0.496 e. The molecule has 0 aliphatic carbocycles. The van der Waals surface area contributed by atoms with Crippen LogP contribution >= 0.6 is 0 Å². The van der Waals surface area contributed by atoms with Gasteiger partial charge in [-0.05, 0) is 30.3 Å². The second-order valence-electron chi connectivity index (χ2n) is 5.70. The minimum atomic E-state index is -1.09. The van der Waals surface area contributed by atoms with E-state index >= 15 is 0 Å². The van der Waals surface area contributed by atoms with Crippen LogP contribution in [0.25, 0.3) is 0 Å². The van der Waals surface area contributed by atoms with Crippen LogP contribution in [0.5, 0.6) is 5.75 Å². The number of rotatable bonds is 7. The first-order valence-corrected chi connectivity index (χ1v) is 8.09. The Morgan fingerprint density at radius 2 is 1.89 bits per heavy atom. The third-order valence-corrected chi connectivity index (χ3v) is 3.97. The molecule has 0 radical (unpaired) electrons. The summed E-state index contributed by atoms with van der Waals surface area (Å²) in [6.45, 7) is 0. The van der Waals surface area contributed by atoms with Crippen molar-refractivity contribution in [2.24, 2.45) is 0 Å². The molecular weight excluding hydrogens is 366 g/mol. The van der Waals surface area contributed by atoms with Gasteiger partial charge in [0.1, 0.15) is 11.8 Å². The summed E-state index contributed by atoms with van der Waals surface area (Å²) >= 11 is 0. The maximum atomic E-state index is 12.5. The second-order valence-corrected chi connectivity index (χ2v) is 5.70. The predicted octanol–water partition coefficient (Wildman–Crippen LogP) is 1.99. The van der Waals surface area contributed by atoms with Crippen molar-refractivity contribution < 1.29 is 24.0 Å². The van der Waals surface area contributed by atoms with E-state index in [4.69, 9.17) is 14.7 Å². The first-order chi connectivity index (χ1) is 13.4. The zero-order chi connectivity index (χ0) is 20.7. The summed E-state index contributed by atoms with van der Waals surface area (Å²) < 4.78 is 9.93. The molecular formula is C19H17N3O6. The van der Waals surface area contributed by atoms with Crippen molar-refractivity contribution in [3.63, 3.8) is 0 Å². The summed E-state index contributed by atoms with van der Waals surface area (Å²) in [7, 11) is 2.57. The Morgan fingerprint density at radius 3 is 2.43 bits per heavy atom. The van der Waals surface area contributed by atoms with Gasteiger partial charge in [-0.3, -0.25) is 14.9 Å². The lowest BCUT2D eigenvalue weighted by molar-refractivity contribution is -0.384. The van der Waals surface area contributed by atoms with E-state index < -0.39 is 22.8 Å². The van der Waals surface area contributed by atoms with Crippen LogP contribution in [0.2, 0.25) is 0 Å².